The fraction of sp³-hybridized carbons (Fsp3) is 0.600. The Labute approximate surface area is 103 Å². The van der Waals surface area contributed by atoms with E-state index < -0.39 is 0 Å². The molecule has 0 atom stereocenters. The summed E-state index contributed by atoms with van der Waals surface area (Å²) < 4.78 is 6.01. The summed E-state index contributed by atoms with van der Waals surface area (Å²) in [5.41, 5.74) is 8.95. The zero-order chi connectivity index (χ0) is 12.1. The van der Waals surface area contributed by atoms with Gasteiger partial charge in [-0.15, -0.1) is 0 Å². The molecule has 1 heterocycles. The van der Waals surface area contributed by atoms with Crippen molar-refractivity contribution < 1.29 is 4.74 Å². The number of aryl methyl sites for hydroxylation is 1. The first-order chi connectivity index (χ1) is 8.05. The average molecular weight is 231 g/mol. The zero-order valence-corrected chi connectivity index (χ0v) is 10.8. The summed E-state index contributed by atoms with van der Waals surface area (Å²) >= 11 is 0. The van der Waals surface area contributed by atoms with Gasteiger partial charge in [-0.25, -0.2) is 0 Å². The molecule has 0 unspecified atom stereocenters. The van der Waals surface area contributed by atoms with Crippen LogP contribution in [0.5, 0.6) is 5.75 Å². The lowest BCUT2D eigenvalue weighted by Crippen LogP contribution is -2.32. The lowest BCUT2D eigenvalue weighted by atomic mass is 9.89. The van der Waals surface area contributed by atoms with E-state index in [0.717, 1.165) is 25.1 Å². The van der Waals surface area contributed by atoms with Crippen LogP contribution in [0.1, 0.15) is 44.2 Å². The maximum absolute atomic E-state index is 6.01. The minimum absolute atomic E-state index is 0.0142. The quantitative estimate of drug-likeness (QED) is 0.849. The van der Waals surface area contributed by atoms with Gasteiger partial charge < -0.3 is 10.5 Å². The van der Waals surface area contributed by atoms with Gasteiger partial charge in [-0.3, -0.25) is 0 Å². The molecule has 1 aromatic carbocycles. The third-order valence-electron chi connectivity index (χ3n) is 4.30. The Hall–Kier alpha value is -1.02. The zero-order valence-electron chi connectivity index (χ0n) is 10.8. The molecule has 1 saturated carbocycles. The Balaban J connectivity index is 1.93. The maximum Gasteiger partial charge on any atom is 0.123 e. The van der Waals surface area contributed by atoms with E-state index in [9.17, 15) is 0 Å². The standard InChI is InChI=1S/C15H21NO/c1-14(2)6-5-11-9-12(3-4-13(11)17-14)15(10-16)7-8-15/h3-4,9H,5-8,10,16H2,1-2H3. The van der Waals surface area contributed by atoms with E-state index in [1.165, 1.54) is 24.0 Å². The number of ether oxygens (including phenoxy) is 1. The number of rotatable bonds is 2. The van der Waals surface area contributed by atoms with Crippen molar-refractivity contribution in [3.63, 3.8) is 0 Å². The van der Waals surface area contributed by atoms with Gasteiger partial charge in [0, 0.05) is 12.0 Å². The molecule has 2 heteroatoms. The molecule has 1 aliphatic heterocycles. The SMILES string of the molecule is CC1(C)CCc2cc(C3(CN)CC3)ccc2O1. The normalized spacial score (nSPS) is 23.7. The Kier molecular flexibility index (Phi) is 2.27. The van der Waals surface area contributed by atoms with Crippen molar-refractivity contribution in [2.75, 3.05) is 6.54 Å². The molecule has 2 nitrogen and oxygen atoms in total. The van der Waals surface area contributed by atoms with Crippen LogP contribution in [0.3, 0.4) is 0 Å². The van der Waals surface area contributed by atoms with Crippen molar-refractivity contribution in [3.8, 4) is 5.75 Å². The van der Waals surface area contributed by atoms with Gasteiger partial charge in [0.25, 0.3) is 0 Å². The highest BCUT2D eigenvalue weighted by molar-refractivity contribution is 5.44. The predicted octanol–water partition coefficient (Wildman–Crippen LogP) is 2.78. The Bertz CT molecular complexity index is 446. The molecule has 2 aliphatic rings. The fourth-order valence-electron chi connectivity index (χ4n) is 2.75. The predicted molar refractivity (Wildman–Crippen MR) is 69.4 cm³/mol. The van der Waals surface area contributed by atoms with Crippen molar-refractivity contribution in [2.24, 2.45) is 5.73 Å². The number of nitrogens with two attached hydrogens (primary N) is 1. The molecule has 0 spiro atoms. The Morgan fingerprint density at radius 2 is 2.00 bits per heavy atom. The average Bonchev–Trinajstić information content (AvgIpc) is 3.08. The topological polar surface area (TPSA) is 35.2 Å². The highest BCUT2D eigenvalue weighted by atomic mass is 16.5. The fourth-order valence-corrected chi connectivity index (χ4v) is 2.75. The molecule has 0 bridgehead atoms. The van der Waals surface area contributed by atoms with Crippen LogP contribution in [-0.4, -0.2) is 12.1 Å². The van der Waals surface area contributed by atoms with E-state index >= 15 is 0 Å². The Morgan fingerprint density at radius 3 is 2.65 bits per heavy atom. The van der Waals surface area contributed by atoms with Gasteiger partial charge in [0.15, 0.2) is 0 Å². The van der Waals surface area contributed by atoms with E-state index in [1.807, 2.05) is 0 Å². The van der Waals surface area contributed by atoms with Gasteiger partial charge >= 0.3 is 0 Å². The highest BCUT2D eigenvalue weighted by Crippen LogP contribution is 2.48. The molecule has 92 valence electrons. The van der Waals surface area contributed by atoms with Gasteiger partial charge in [0.2, 0.25) is 0 Å². The molecule has 2 N–H and O–H groups in total. The molecular weight excluding hydrogens is 210 g/mol. The minimum Gasteiger partial charge on any atom is -0.488 e. The first-order valence-electron chi connectivity index (χ1n) is 6.57. The Morgan fingerprint density at radius 1 is 1.24 bits per heavy atom. The van der Waals surface area contributed by atoms with Gasteiger partial charge in [0.05, 0.1) is 0 Å². The van der Waals surface area contributed by atoms with E-state index in [0.29, 0.717) is 5.41 Å². The van der Waals surface area contributed by atoms with Crippen molar-refractivity contribution in [2.45, 2.75) is 50.5 Å². The second kappa shape index (κ2) is 3.49. The molecular formula is C15H21NO. The minimum atomic E-state index is -0.0142. The van der Waals surface area contributed by atoms with Gasteiger partial charge in [-0.1, -0.05) is 12.1 Å². The van der Waals surface area contributed by atoms with Gasteiger partial charge in [-0.05, 0) is 56.7 Å². The van der Waals surface area contributed by atoms with Crippen LogP contribution in [0.15, 0.2) is 18.2 Å². The summed E-state index contributed by atoms with van der Waals surface area (Å²) in [5.74, 6) is 1.07. The monoisotopic (exact) mass is 231 g/mol. The van der Waals surface area contributed by atoms with E-state index in [1.54, 1.807) is 0 Å². The van der Waals surface area contributed by atoms with Gasteiger partial charge in [0.1, 0.15) is 11.4 Å². The van der Waals surface area contributed by atoms with Crippen molar-refractivity contribution in [1.29, 1.82) is 0 Å². The summed E-state index contributed by atoms with van der Waals surface area (Å²) in [6.45, 7) is 5.09. The second-order valence-electron chi connectivity index (χ2n) is 6.17. The third kappa shape index (κ3) is 1.85. The summed E-state index contributed by atoms with van der Waals surface area (Å²) in [4.78, 5) is 0. The number of benzene rings is 1. The summed E-state index contributed by atoms with van der Waals surface area (Å²) in [6.07, 6.45) is 4.71. The van der Waals surface area contributed by atoms with Crippen LogP contribution in [0, 0.1) is 0 Å². The highest BCUT2D eigenvalue weighted by Gasteiger charge is 2.43. The van der Waals surface area contributed by atoms with Crippen LogP contribution in [0.25, 0.3) is 0 Å². The lowest BCUT2D eigenvalue weighted by Gasteiger charge is -2.33. The largest absolute Gasteiger partial charge is 0.488 e. The molecule has 1 fully saturated rings. The molecule has 3 rings (SSSR count). The first-order valence-corrected chi connectivity index (χ1v) is 6.57. The maximum atomic E-state index is 6.01. The second-order valence-corrected chi connectivity index (χ2v) is 6.17. The van der Waals surface area contributed by atoms with Crippen LogP contribution in [0.2, 0.25) is 0 Å². The van der Waals surface area contributed by atoms with Crippen LogP contribution in [0.4, 0.5) is 0 Å². The summed E-state index contributed by atoms with van der Waals surface area (Å²) in [6, 6.07) is 6.67. The van der Waals surface area contributed by atoms with Crippen LogP contribution in [-0.2, 0) is 11.8 Å². The van der Waals surface area contributed by atoms with E-state index in [-0.39, 0.29) is 5.60 Å². The molecule has 0 aromatic heterocycles. The van der Waals surface area contributed by atoms with E-state index in [4.69, 9.17) is 10.5 Å². The van der Waals surface area contributed by atoms with E-state index in [2.05, 4.69) is 32.0 Å². The van der Waals surface area contributed by atoms with Gasteiger partial charge in [-0.2, -0.15) is 0 Å². The number of fused-ring (bicyclic) bond motifs is 1. The first kappa shape index (κ1) is 11.1. The molecule has 0 saturated heterocycles. The summed E-state index contributed by atoms with van der Waals surface area (Å²) in [7, 11) is 0. The van der Waals surface area contributed by atoms with Crippen molar-refractivity contribution >= 4 is 0 Å². The van der Waals surface area contributed by atoms with Crippen molar-refractivity contribution in [3.05, 3.63) is 29.3 Å². The van der Waals surface area contributed by atoms with Crippen LogP contribution < -0.4 is 10.5 Å². The third-order valence-corrected chi connectivity index (χ3v) is 4.30. The van der Waals surface area contributed by atoms with Crippen LogP contribution >= 0.6 is 0 Å². The molecule has 0 radical (unpaired) electrons. The molecule has 1 aromatic rings. The smallest absolute Gasteiger partial charge is 0.123 e. The lowest BCUT2D eigenvalue weighted by molar-refractivity contribution is 0.0846. The molecule has 1 aliphatic carbocycles. The number of hydrogen-bond acceptors (Lipinski definition) is 2. The summed E-state index contributed by atoms with van der Waals surface area (Å²) in [5, 5.41) is 0. The number of hydrogen-bond donors (Lipinski definition) is 1. The molecule has 0 amide bonds. The molecule has 17 heavy (non-hydrogen) atoms. The van der Waals surface area contributed by atoms with Crippen molar-refractivity contribution in [1.82, 2.24) is 0 Å².